The lowest BCUT2D eigenvalue weighted by Crippen LogP contribution is -2.29. The maximum atomic E-state index is 11.6. The van der Waals surface area contributed by atoms with Crippen molar-refractivity contribution < 1.29 is 8.42 Å². The van der Waals surface area contributed by atoms with Gasteiger partial charge in [-0.3, -0.25) is 11.3 Å². The highest BCUT2D eigenvalue weighted by molar-refractivity contribution is 9.10. The number of hydrogen-bond donors (Lipinski definition) is 2. The van der Waals surface area contributed by atoms with Crippen LogP contribution in [0.25, 0.3) is 0 Å². The van der Waals surface area contributed by atoms with E-state index in [0.29, 0.717) is 11.3 Å². The van der Waals surface area contributed by atoms with Gasteiger partial charge < -0.3 is 0 Å². The van der Waals surface area contributed by atoms with Gasteiger partial charge in [-0.15, -0.1) is 0 Å². The molecule has 0 fully saturated rings. The van der Waals surface area contributed by atoms with E-state index in [9.17, 15) is 8.42 Å². The second kappa shape index (κ2) is 6.70. The molecule has 21 heavy (non-hydrogen) atoms. The zero-order valence-corrected chi connectivity index (χ0v) is 14.0. The smallest absolute Gasteiger partial charge is 0.175 e. The molecule has 0 heterocycles. The molecule has 6 heteroatoms. The van der Waals surface area contributed by atoms with Crippen molar-refractivity contribution in [2.45, 2.75) is 17.4 Å². The topological polar surface area (TPSA) is 72.2 Å². The van der Waals surface area contributed by atoms with Crippen LogP contribution in [0.3, 0.4) is 0 Å². The van der Waals surface area contributed by atoms with Crippen LogP contribution in [-0.4, -0.2) is 14.7 Å². The summed E-state index contributed by atoms with van der Waals surface area (Å²) in [7, 11) is -3.23. The third-order valence-corrected chi connectivity index (χ3v) is 5.16. The summed E-state index contributed by atoms with van der Waals surface area (Å²) in [5.74, 6) is 5.65. The van der Waals surface area contributed by atoms with E-state index in [1.165, 1.54) is 6.26 Å². The molecule has 0 saturated carbocycles. The van der Waals surface area contributed by atoms with Gasteiger partial charge in [0.1, 0.15) is 0 Å². The molecule has 3 N–H and O–H groups in total. The molecular weight excluding hydrogens is 352 g/mol. The molecule has 0 aliphatic carbocycles. The average molecular weight is 369 g/mol. The van der Waals surface area contributed by atoms with Gasteiger partial charge in [0.05, 0.1) is 10.9 Å². The van der Waals surface area contributed by atoms with E-state index in [1.54, 1.807) is 18.2 Å². The summed E-state index contributed by atoms with van der Waals surface area (Å²) >= 11 is 3.51. The van der Waals surface area contributed by atoms with Gasteiger partial charge in [0.25, 0.3) is 0 Å². The Morgan fingerprint density at radius 3 is 2.52 bits per heavy atom. The Kier molecular flexibility index (Phi) is 5.16. The van der Waals surface area contributed by atoms with E-state index in [4.69, 9.17) is 5.84 Å². The number of benzene rings is 2. The molecule has 1 atom stereocenters. The monoisotopic (exact) mass is 368 g/mol. The number of nitrogens with two attached hydrogens (primary N) is 1. The van der Waals surface area contributed by atoms with Crippen LogP contribution >= 0.6 is 15.9 Å². The number of hydrazine groups is 1. The minimum Gasteiger partial charge on any atom is -0.271 e. The Labute approximate surface area is 133 Å². The summed E-state index contributed by atoms with van der Waals surface area (Å²) in [6, 6.07) is 14.6. The van der Waals surface area contributed by atoms with E-state index in [0.717, 1.165) is 15.6 Å². The highest BCUT2D eigenvalue weighted by Crippen LogP contribution is 2.24. The fourth-order valence-electron chi connectivity index (χ4n) is 2.12. The first-order valence-electron chi connectivity index (χ1n) is 6.41. The lowest BCUT2D eigenvalue weighted by atomic mass is 9.99. The van der Waals surface area contributed by atoms with Gasteiger partial charge in [0.15, 0.2) is 9.84 Å². The van der Waals surface area contributed by atoms with Crippen LogP contribution in [0.2, 0.25) is 0 Å². The number of rotatable bonds is 5. The van der Waals surface area contributed by atoms with Crippen molar-refractivity contribution in [2.75, 3.05) is 6.26 Å². The number of halogens is 1. The third kappa shape index (κ3) is 4.14. The van der Waals surface area contributed by atoms with Gasteiger partial charge in [-0.2, -0.15) is 0 Å². The van der Waals surface area contributed by atoms with E-state index in [1.807, 2.05) is 30.3 Å². The first-order chi connectivity index (χ1) is 9.91. The predicted octanol–water partition coefficient (Wildman–Crippen LogP) is 2.60. The molecule has 0 aromatic heterocycles. The van der Waals surface area contributed by atoms with Crippen molar-refractivity contribution in [3.63, 3.8) is 0 Å². The summed E-state index contributed by atoms with van der Waals surface area (Å²) in [5.41, 5.74) is 4.70. The van der Waals surface area contributed by atoms with Crippen LogP contribution in [0.4, 0.5) is 0 Å². The molecule has 0 aliphatic rings. The highest BCUT2D eigenvalue weighted by Gasteiger charge is 2.15. The lowest BCUT2D eigenvalue weighted by Gasteiger charge is -2.18. The summed E-state index contributed by atoms with van der Waals surface area (Å²) < 4.78 is 24.3. The Morgan fingerprint density at radius 1 is 1.19 bits per heavy atom. The first kappa shape index (κ1) is 16.2. The Bertz CT molecular complexity index is 732. The molecule has 0 aliphatic heterocycles. The van der Waals surface area contributed by atoms with E-state index >= 15 is 0 Å². The van der Waals surface area contributed by atoms with Crippen LogP contribution in [0, 0.1) is 0 Å². The zero-order valence-electron chi connectivity index (χ0n) is 11.6. The second-order valence-corrected chi connectivity index (χ2v) is 7.73. The summed E-state index contributed by atoms with van der Waals surface area (Å²) in [6.45, 7) is 0. The van der Waals surface area contributed by atoms with Crippen molar-refractivity contribution in [1.82, 2.24) is 5.43 Å². The molecule has 2 aromatic carbocycles. The molecule has 0 amide bonds. The summed E-state index contributed by atoms with van der Waals surface area (Å²) in [4.78, 5) is 0.298. The van der Waals surface area contributed by atoms with Crippen LogP contribution in [0.15, 0.2) is 57.9 Å². The van der Waals surface area contributed by atoms with Gasteiger partial charge in [-0.25, -0.2) is 8.42 Å². The van der Waals surface area contributed by atoms with Gasteiger partial charge in [0.2, 0.25) is 0 Å². The molecular formula is C15H17BrN2O2S. The summed E-state index contributed by atoms with van der Waals surface area (Å²) in [5, 5.41) is 0. The fraction of sp³-hybridized carbons (Fsp3) is 0.200. The van der Waals surface area contributed by atoms with Gasteiger partial charge >= 0.3 is 0 Å². The minimum atomic E-state index is -3.23. The highest BCUT2D eigenvalue weighted by atomic mass is 79.9. The van der Waals surface area contributed by atoms with Gasteiger partial charge in [-0.05, 0) is 35.7 Å². The number of nitrogens with one attached hydrogen (secondary N) is 1. The van der Waals surface area contributed by atoms with Crippen LogP contribution < -0.4 is 11.3 Å². The van der Waals surface area contributed by atoms with Gasteiger partial charge in [-0.1, -0.05) is 46.3 Å². The van der Waals surface area contributed by atoms with Crippen LogP contribution in [0.5, 0.6) is 0 Å². The maximum absolute atomic E-state index is 11.6. The fourth-order valence-corrected chi connectivity index (χ4v) is 3.24. The summed E-state index contributed by atoms with van der Waals surface area (Å²) in [6.07, 6.45) is 1.86. The molecule has 2 aromatic rings. The molecule has 1 unspecified atom stereocenters. The SMILES string of the molecule is CS(=O)(=O)c1cccc(C(Cc2ccccc2Br)NN)c1. The molecule has 0 saturated heterocycles. The molecule has 0 bridgehead atoms. The lowest BCUT2D eigenvalue weighted by molar-refractivity contribution is 0.549. The Balaban J connectivity index is 2.32. The predicted molar refractivity (Wildman–Crippen MR) is 87.5 cm³/mol. The molecule has 0 spiro atoms. The molecule has 112 valence electrons. The van der Waals surface area contributed by atoms with Crippen molar-refractivity contribution in [2.24, 2.45) is 5.84 Å². The van der Waals surface area contributed by atoms with Crippen molar-refractivity contribution in [3.8, 4) is 0 Å². The Morgan fingerprint density at radius 2 is 1.90 bits per heavy atom. The zero-order chi connectivity index (χ0) is 15.5. The van der Waals surface area contributed by atoms with E-state index in [2.05, 4.69) is 21.4 Å². The molecule has 2 rings (SSSR count). The molecule has 4 nitrogen and oxygen atoms in total. The normalized spacial score (nSPS) is 13.1. The number of sulfone groups is 1. The van der Waals surface area contributed by atoms with E-state index < -0.39 is 9.84 Å². The van der Waals surface area contributed by atoms with Crippen LogP contribution in [0.1, 0.15) is 17.2 Å². The molecule has 0 radical (unpaired) electrons. The average Bonchev–Trinajstić information content (AvgIpc) is 2.46. The van der Waals surface area contributed by atoms with E-state index in [-0.39, 0.29) is 6.04 Å². The van der Waals surface area contributed by atoms with Crippen molar-refractivity contribution in [1.29, 1.82) is 0 Å². The van der Waals surface area contributed by atoms with Crippen molar-refractivity contribution in [3.05, 3.63) is 64.1 Å². The van der Waals surface area contributed by atoms with Crippen LogP contribution in [-0.2, 0) is 16.3 Å². The first-order valence-corrected chi connectivity index (χ1v) is 9.10. The number of hydrogen-bond acceptors (Lipinski definition) is 4. The largest absolute Gasteiger partial charge is 0.271 e. The quantitative estimate of drug-likeness (QED) is 0.628. The third-order valence-electron chi connectivity index (χ3n) is 3.27. The Hall–Kier alpha value is -1.21. The standard InChI is InChI=1S/C15H17BrN2O2S/c1-21(19,20)13-7-4-6-12(9-13)15(18-17)10-11-5-2-3-8-14(11)16/h2-9,15,18H,10,17H2,1H3. The van der Waals surface area contributed by atoms with Crippen molar-refractivity contribution >= 4 is 25.8 Å². The maximum Gasteiger partial charge on any atom is 0.175 e. The second-order valence-electron chi connectivity index (χ2n) is 4.86. The van der Waals surface area contributed by atoms with Gasteiger partial charge in [0, 0.05) is 10.7 Å². The minimum absolute atomic E-state index is 0.162.